The summed E-state index contributed by atoms with van der Waals surface area (Å²) < 4.78 is 1.97. The Morgan fingerprint density at radius 1 is 1.10 bits per heavy atom. The van der Waals surface area contributed by atoms with Gasteiger partial charge in [0.1, 0.15) is 12.4 Å². The first-order valence-corrected chi connectivity index (χ1v) is 11.2. The third-order valence-corrected chi connectivity index (χ3v) is 5.90. The molecule has 2 N–H and O–H groups in total. The van der Waals surface area contributed by atoms with Crippen LogP contribution in [0.1, 0.15) is 22.9 Å². The molecule has 0 saturated carbocycles. The number of aromatic nitrogens is 3. The molecule has 168 valence electrons. The summed E-state index contributed by atoms with van der Waals surface area (Å²) in [6, 6.07) is 14.7. The molecular weight excluding hydrogens is 521 g/mol. The molecule has 2 aromatic heterocycles. The van der Waals surface area contributed by atoms with Crippen LogP contribution in [0.4, 0.5) is 5.69 Å². The molecule has 1 aromatic carbocycles. The predicted molar refractivity (Wildman–Crippen MR) is 141 cm³/mol. The molecule has 0 unspecified atom stereocenters. The topological polar surface area (TPSA) is 70.4 Å². The Bertz CT molecular complexity index is 909. The van der Waals surface area contributed by atoms with Crippen LogP contribution in [0.3, 0.4) is 0 Å². The number of hydrogen-bond acceptors (Lipinski definition) is 5. The summed E-state index contributed by atoms with van der Waals surface area (Å²) in [6.45, 7) is 5.10. The average Bonchev–Trinajstić information content (AvgIpc) is 3.40. The lowest BCUT2D eigenvalue weighted by atomic mass is 10.3. The second-order valence-corrected chi connectivity index (χ2v) is 8.21. The van der Waals surface area contributed by atoms with E-state index < -0.39 is 0 Å². The summed E-state index contributed by atoms with van der Waals surface area (Å²) in [7, 11) is 4.09. The molecule has 0 amide bonds. The number of nitrogens with zero attached hydrogens (tertiary/aromatic N) is 5. The average molecular weight is 554 g/mol. The molecule has 0 fully saturated rings. The number of hydrogen-bond donors (Lipinski definition) is 2. The molecule has 0 aliphatic rings. The van der Waals surface area contributed by atoms with Gasteiger partial charge in [0.05, 0.1) is 0 Å². The third kappa shape index (κ3) is 8.13. The van der Waals surface area contributed by atoms with Crippen LogP contribution < -0.4 is 15.5 Å². The van der Waals surface area contributed by atoms with Crippen molar-refractivity contribution in [1.29, 1.82) is 0 Å². The summed E-state index contributed by atoms with van der Waals surface area (Å²) in [4.78, 5) is 8.36. The minimum atomic E-state index is 0. The Labute approximate surface area is 206 Å². The smallest absolute Gasteiger partial charge is 0.191 e. The first-order chi connectivity index (χ1) is 14.6. The van der Waals surface area contributed by atoms with Gasteiger partial charge < -0.3 is 20.1 Å². The van der Waals surface area contributed by atoms with Crippen molar-refractivity contribution >= 4 is 47.0 Å². The van der Waals surface area contributed by atoms with Crippen molar-refractivity contribution < 1.29 is 0 Å². The highest BCUT2D eigenvalue weighted by molar-refractivity contribution is 14.0. The van der Waals surface area contributed by atoms with E-state index in [-0.39, 0.29) is 24.0 Å². The zero-order valence-electron chi connectivity index (χ0n) is 18.4. The van der Waals surface area contributed by atoms with Gasteiger partial charge in [0.25, 0.3) is 0 Å². The van der Waals surface area contributed by atoms with Gasteiger partial charge in [-0.05, 0) is 43.3 Å². The molecule has 0 saturated heterocycles. The van der Waals surface area contributed by atoms with Crippen LogP contribution in [0.15, 0.2) is 52.8 Å². The molecule has 0 bridgehead atoms. The number of rotatable bonds is 10. The summed E-state index contributed by atoms with van der Waals surface area (Å²) in [5.41, 5.74) is 1.23. The van der Waals surface area contributed by atoms with Gasteiger partial charge in [-0.15, -0.1) is 45.5 Å². The van der Waals surface area contributed by atoms with Crippen molar-refractivity contribution in [2.24, 2.45) is 12.0 Å². The van der Waals surface area contributed by atoms with E-state index in [9.17, 15) is 0 Å². The SMILES string of the molecule is Cc1nnc(CN=C(NCCCN(C)c2ccccc2)NCCc2cccs2)n1C.I. The zero-order chi connectivity index (χ0) is 21.2. The van der Waals surface area contributed by atoms with E-state index in [1.165, 1.54) is 10.6 Å². The Morgan fingerprint density at radius 3 is 2.55 bits per heavy atom. The first kappa shape index (κ1) is 25.1. The maximum atomic E-state index is 4.72. The standard InChI is InChI=1S/C22H31N7S.HI/c1-18-26-27-21(29(18)3)17-25-22(24-14-12-20-11-7-16-30-20)23-13-8-15-28(2)19-9-5-4-6-10-19;/h4-7,9-11,16H,8,12-15,17H2,1-3H3,(H2,23,24,25);1H. The van der Waals surface area contributed by atoms with Crippen LogP contribution >= 0.6 is 35.3 Å². The maximum Gasteiger partial charge on any atom is 0.191 e. The van der Waals surface area contributed by atoms with Gasteiger partial charge >= 0.3 is 0 Å². The van der Waals surface area contributed by atoms with Crippen molar-refractivity contribution in [3.63, 3.8) is 0 Å². The van der Waals surface area contributed by atoms with Gasteiger partial charge in [0.2, 0.25) is 0 Å². The van der Waals surface area contributed by atoms with Gasteiger partial charge in [-0.3, -0.25) is 0 Å². The predicted octanol–water partition coefficient (Wildman–Crippen LogP) is 3.61. The van der Waals surface area contributed by atoms with Crippen molar-refractivity contribution in [1.82, 2.24) is 25.4 Å². The van der Waals surface area contributed by atoms with Crippen LogP contribution in [0.2, 0.25) is 0 Å². The zero-order valence-corrected chi connectivity index (χ0v) is 21.6. The van der Waals surface area contributed by atoms with E-state index in [1.54, 1.807) is 11.3 Å². The Morgan fingerprint density at radius 2 is 1.87 bits per heavy atom. The molecule has 0 aliphatic heterocycles. The molecule has 31 heavy (non-hydrogen) atoms. The Balaban J connectivity index is 0.00000341. The molecule has 0 spiro atoms. The number of aliphatic imine (C=N–C) groups is 1. The number of halogens is 1. The number of benzene rings is 1. The van der Waals surface area contributed by atoms with E-state index >= 15 is 0 Å². The van der Waals surface area contributed by atoms with Crippen LogP contribution in [0.25, 0.3) is 0 Å². The fourth-order valence-electron chi connectivity index (χ4n) is 3.01. The van der Waals surface area contributed by atoms with Crippen LogP contribution in [0, 0.1) is 6.92 Å². The van der Waals surface area contributed by atoms with Crippen LogP contribution in [-0.2, 0) is 20.0 Å². The lowest BCUT2D eigenvalue weighted by Gasteiger charge is -2.19. The number of nitrogens with one attached hydrogen (secondary N) is 2. The summed E-state index contributed by atoms with van der Waals surface area (Å²) in [6.07, 6.45) is 2.00. The number of para-hydroxylation sites is 1. The van der Waals surface area contributed by atoms with E-state index in [0.717, 1.165) is 50.1 Å². The minimum absolute atomic E-state index is 0. The molecule has 0 radical (unpaired) electrons. The third-order valence-electron chi connectivity index (χ3n) is 4.96. The van der Waals surface area contributed by atoms with Gasteiger partial charge in [0.15, 0.2) is 11.8 Å². The van der Waals surface area contributed by atoms with E-state index in [2.05, 4.69) is 74.6 Å². The quantitative estimate of drug-likeness (QED) is 0.174. The van der Waals surface area contributed by atoms with Crippen molar-refractivity contribution in [2.75, 3.05) is 31.6 Å². The number of aryl methyl sites for hydroxylation is 1. The monoisotopic (exact) mass is 553 g/mol. The summed E-state index contributed by atoms with van der Waals surface area (Å²) in [5.74, 6) is 2.56. The normalized spacial score (nSPS) is 11.1. The van der Waals surface area contributed by atoms with Gasteiger partial charge in [-0.1, -0.05) is 24.3 Å². The van der Waals surface area contributed by atoms with Gasteiger partial charge in [-0.2, -0.15) is 0 Å². The van der Waals surface area contributed by atoms with E-state index in [4.69, 9.17) is 4.99 Å². The van der Waals surface area contributed by atoms with Crippen molar-refractivity contribution in [3.8, 4) is 0 Å². The van der Waals surface area contributed by atoms with Gasteiger partial charge in [0, 0.05) is 44.3 Å². The fourth-order valence-corrected chi connectivity index (χ4v) is 3.72. The maximum absolute atomic E-state index is 4.72. The van der Waals surface area contributed by atoms with Crippen molar-refractivity contribution in [3.05, 3.63) is 64.4 Å². The van der Waals surface area contributed by atoms with E-state index in [1.807, 2.05) is 24.6 Å². The van der Waals surface area contributed by atoms with Gasteiger partial charge in [-0.25, -0.2) is 4.99 Å². The molecule has 2 heterocycles. The van der Waals surface area contributed by atoms with Crippen LogP contribution in [0.5, 0.6) is 0 Å². The number of thiophene rings is 1. The Kier molecular flexibility index (Phi) is 10.8. The largest absolute Gasteiger partial charge is 0.375 e. The number of anilines is 1. The second kappa shape index (κ2) is 13.3. The lowest BCUT2D eigenvalue weighted by Crippen LogP contribution is -2.39. The molecule has 0 aliphatic carbocycles. The molecule has 0 atom stereocenters. The molecule has 7 nitrogen and oxygen atoms in total. The summed E-state index contributed by atoms with van der Waals surface area (Å²) >= 11 is 1.78. The van der Waals surface area contributed by atoms with E-state index in [0.29, 0.717) is 6.54 Å². The van der Waals surface area contributed by atoms with Crippen LogP contribution in [-0.4, -0.2) is 47.4 Å². The Hall–Kier alpha value is -2.14. The van der Waals surface area contributed by atoms with Crippen molar-refractivity contribution in [2.45, 2.75) is 26.3 Å². The minimum Gasteiger partial charge on any atom is -0.375 e. The number of guanidine groups is 1. The molecule has 9 heteroatoms. The molecule has 3 aromatic rings. The second-order valence-electron chi connectivity index (χ2n) is 7.18. The summed E-state index contributed by atoms with van der Waals surface area (Å²) in [5, 5.41) is 17.3. The highest BCUT2D eigenvalue weighted by Gasteiger charge is 2.06. The highest BCUT2D eigenvalue weighted by atomic mass is 127. The molecule has 3 rings (SSSR count). The molecular formula is C22H32IN7S. The fraction of sp³-hybridized carbons (Fsp3) is 0.409. The lowest BCUT2D eigenvalue weighted by molar-refractivity contribution is 0.716. The highest BCUT2D eigenvalue weighted by Crippen LogP contribution is 2.11. The first-order valence-electron chi connectivity index (χ1n) is 10.3.